The lowest BCUT2D eigenvalue weighted by molar-refractivity contribution is 0.172. The number of aliphatic imine (C=N–C) groups is 1. The summed E-state index contributed by atoms with van der Waals surface area (Å²) in [6.45, 7) is 4.97. The molecule has 0 unspecified atom stereocenters. The summed E-state index contributed by atoms with van der Waals surface area (Å²) >= 11 is 0. The molecule has 0 amide bonds. The Morgan fingerprint density at radius 2 is 2.00 bits per heavy atom. The maximum Gasteiger partial charge on any atom is 0.193 e. The van der Waals surface area contributed by atoms with Crippen molar-refractivity contribution < 1.29 is 9.13 Å². The average molecular weight is 426 g/mol. The summed E-state index contributed by atoms with van der Waals surface area (Å²) in [6.07, 6.45) is 2.74. The van der Waals surface area contributed by atoms with Crippen LogP contribution in [0.3, 0.4) is 0 Å². The number of piperazine rings is 1. The lowest BCUT2D eigenvalue weighted by atomic mass is 10.2. The fourth-order valence-corrected chi connectivity index (χ4v) is 3.86. The maximum atomic E-state index is 13.9. The van der Waals surface area contributed by atoms with E-state index in [-0.39, 0.29) is 11.6 Å². The topological polar surface area (TPSA) is 70.3 Å². The molecule has 1 aliphatic rings. The zero-order valence-electron chi connectivity index (χ0n) is 18.0. The minimum Gasteiger partial charge on any atom is -0.494 e. The number of fused-ring (bicyclic) bond motifs is 1. The summed E-state index contributed by atoms with van der Waals surface area (Å²) in [5.74, 6) is 1.78. The van der Waals surface area contributed by atoms with E-state index in [0.29, 0.717) is 0 Å². The minimum atomic E-state index is -0.316. The SMILES string of the molecule is CN=C(NCCc1nnc2ccccn12)N1CCN(Cc2ccc(OC)c(F)c2)CC1. The lowest BCUT2D eigenvalue weighted by Gasteiger charge is -2.36. The quantitative estimate of drug-likeness (QED) is 0.480. The second kappa shape index (κ2) is 9.74. The molecule has 0 bridgehead atoms. The first kappa shape index (κ1) is 21.0. The number of rotatable bonds is 6. The molecular weight excluding hydrogens is 397 g/mol. The van der Waals surface area contributed by atoms with Gasteiger partial charge in [-0.1, -0.05) is 12.1 Å². The molecule has 31 heavy (non-hydrogen) atoms. The molecular formula is C22H28FN7O. The number of guanidine groups is 1. The third-order valence-corrected chi connectivity index (χ3v) is 5.52. The number of aromatic nitrogens is 3. The molecule has 1 N–H and O–H groups in total. The minimum absolute atomic E-state index is 0.280. The van der Waals surface area contributed by atoms with E-state index in [2.05, 4.69) is 30.3 Å². The summed E-state index contributed by atoms with van der Waals surface area (Å²) in [6, 6.07) is 11.0. The Morgan fingerprint density at radius 1 is 1.16 bits per heavy atom. The van der Waals surface area contributed by atoms with Crippen LogP contribution in [0, 0.1) is 5.82 Å². The number of nitrogens with zero attached hydrogens (tertiary/aromatic N) is 6. The number of pyridine rings is 1. The standard InChI is InChI=1S/C22H28FN7O/c1-24-22(25-9-8-21-27-26-20-5-3-4-10-30(20)21)29-13-11-28(12-14-29)16-17-6-7-19(31-2)18(23)15-17/h3-7,10,15H,8-9,11-14,16H2,1-2H3,(H,24,25). The first-order valence-corrected chi connectivity index (χ1v) is 10.5. The van der Waals surface area contributed by atoms with Gasteiger partial charge in [-0.25, -0.2) is 4.39 Å². The van der Waals surface area contributed by atoms with E-state index in [1.165, 1.54) is 7.11 Å². The van der Waals surface area contributed by atoms with Gasteiger partial charge in [0.25, 0.3) is 0 Å². The Hall–Kier alpha value is -3.20. The smallest absolute Gasteiger partial charge is 0.193 e. The Balaban J connectivity index is 1.25. The van der Waals surface area contributed by atoms with E-state index >= 15 is 0 Å². The molecule has 4 rings (SSSR count). The molecule has 1 saturated heterocycles. The van der Waals surface area contributed by atoms with E-state index in [0.717, 1.165) is 68.7 Å². The van der Waals surface area contributed by atoms with E-state index in [4.69, 9.17) is 4.74 Å². The van der Waals surface area contributed by atoms with Gasteiger partial charge in [0.2, 0.25) is 0 Å². The van der Waals surface area contributed by atoms with Crippen molar-refractivity contribution in [2.45, 2.75) is 13.0 Å². The third-order valence-electron chi connectivity index (χ3n) is 5.52. The first-order valence-electron chi connectivity index (χ1n) is 10.5. The van der Waals surface area contributed by atoms with Crippen molar-refractivity contribution in [1.29, 1.82) is 0 Å². The molecule has 0 aliphatic carbocycles. The zero-order chi connectivity index (χ0) is 21.6. The average Bonchev–Trinajstić information content (AvgIpc) is 3.21. The van der Waals surface area contributed by atoms with E-state index < -0.39 is 0 Å². The van der Waals surface area contributed by atoms with Crippen LogP contribution >= 0.6 is 0 Å². The van der Waals surface area contributed by atoms with Crippen molar-refractivity contribution in [2.75, 3.05) is 46.9 Å². The molecule has 0 atom stereocenters. The van der Waals surface area contributed by atoms with Crippen LogP contribution in [0.15, 0.2) is 47.6 Å². The van der Waals surface area contributed by atoms with Gasteiger partial charge in [-0.3, -0.25) is 14.3 Å². The molecule has 8 nitrogen and oxygen atoms in total. The van der Waals surface area contributed by atoms with Crippen molar-refractivity contribution in [3.63, 3.8) is 0 Å². The van der Waals surface area contributed by atoms with Gasteiger partial charge in [0.15, 0.2) is 23.2 Å². The van der Waals surface area contributed by atoms with Crippen LogP contribution in [0.1, 0.15) is 11.4 Å². The van der Waals surface area contributed by atoms with Gasteiger partial charge in [-0.05, 0) is 29.8 Å². The van der Waals surface area contributed by atoms with Crippen LogP contribution in [0.5, 0.6) is 5.75 Å². The highest BCUT2D eigenvalue weighted by molar-refractivity contribution is 5.80. The van der Waals surface area contributed by atoms with Crippen molar-refractivity contribution in [3.8, 4) is 5.75 Å². The van der Waals surface area contributed by atoms with Gasteiger partial charge in [-0.2, -0.15) is 0 Å². The van der Waals surface area contributed by atoms with E-state index in [1.54, 1.807) is 19.2 Å². The molecule has 9 heteroatoms. The highest BCUT2D eigenvalue weighted by Gasteiger charge is 2.20. The molecule has 1 aliphatic heterocycles. The number of benzene rings is 1. The van der Waals surface area contributed by atoms with Crippen LogP contribution < -0.4 is 10.1 Å². The summed E-state index contributed by atoms with van der Waals surface area (Å²) in [4.78, 5) is 9.02. The van der Waals surface area contributed by atoms with Crippen LogP contribution in [-0.4, -0.2) is 77.2 Å². The van der Waals surface area contributed by atoms with Crippen LogP contribution in [0.4, 0.5) is 4.39 Å². The Bertz CT molecular complexity index is 1040. The van der Waals surface area contributed by atoms with Crippen molar-refractivity contribution in [3.05, 3.63) is 59.8 Å². The highest BCUT2D eigenvalue weighted by Crippen LogP contribution is 2.19. The van der Waals surface area contributed by atoms with Gasteiger partial charge >= 0.3 is 0 Å². The van der Waals surface area contributed by atoms with E-state index in [9.17, 15) is 4.39 Å². The monoisotopic (exact) mass is 425 g/mol. The number of nitrogens with one attached hydrogen (secondary N) is 1. The fraction of sp³-hybridized carbons (Fsp3) is 0.409. The van der Waals surface area contributed by atoms with Crippen LogP contribution in [0.25, 0.3) is 5.65 Å². The summed E-state index contributed by atoms with van der Waals surface area (Å²) in [7, 11) is 3.29. The molecule has 3 aromatic rings. The largest absolute Gasteiger partial charge is 0.494 e. The van der Waals surface area contributed by atoms with Crippen molar-refractivity contribution in [1.82, 2.24) is 29.7 Å². The van der Waals surface area contributed by atoms with Gasteiger partial charge in [0, 0.05) is 58.9 Å². The zero-order valence-corrected chi connectivity index (χ0v) is 18.0. The summed E-state index contributed by atoms with van der Waals surface area (Å²) in [5, 5.41) is 11.9. The first-order chi connectivity index (χ1) is 15.2. The Labute approximate surface area is 181 Å². The molecule has 1 aromatic carbocycles. The predicted octanol–water partition coefficient (Wildman–Crippen LogP) is 1.81. The van der Waals surface area contributed by atoms with Crippen molar-refractivity contribution in [2.24, 2.45) is 4.99 Å². The fourth-order valence-electron chi connectivity index (χ4n) is 3.86. The lowest BCUT2D eigenvalue weighted by Crippen LogP contribution is -2.52. The predicted molar refractivity (Wildman–Crippen MR) is 118 cm³/mol. The number of halogens is 1. The normalized spacial score (nSPS) is 15.5. The summed E-state index contributed by atoms with van der Waals surface area (Å²) < 4.78 is 20.9. The van der Waals surface area contributed by atoms with Crippen LogP contribution in [0.2, 0.25) is 0 Å². The third kappa shape index (κ3) is 4.93. The van der Waals surface area contributed by atoms with E-state index in [1.807, 2.05) is 34.9 Å². The molecule has 0 spiro atoms. The number of hydrogen-bond donors (Lipinski definition) is 1. The maximum absolute atomic E-state index is 13.9. The molecule has 2 aromatic heterocycles. The summed E-state index contributed by atoms with van der Waals surface area (Å²) in [5.41, 5.74) is 1.81. The van der Waals surface area contributed by atoms with Crippen LogP contribution in [-0.2, 0) is 13.0 Å². The molecule has 3 heterocycles. The molecule has 164 valence electrons. The van der Waals surface area contributed by atoms with Gasteiger partial charge in [-0.15, -0.1) is 10.2 Å². The number of ether oxygens (including phenoxy) is 1. The Morgan fingerprint density at radius 3 is 2.74 bits per heavy atom. The second-order valence-electron chi connectivity index (χ2n) is 7.50. The molecule has 1 fully saturated rings. The van der Waals surface area contributed by atoms with Gasteiger partial charge in [0.1, 0.15) is 5.82 Å². The van der Waals surface area contributed by atoms with Gasteiger partial charge in [0.05, 0.1) is 7.11 Å². The van der Waals surface area contributed by atoms with Gasteiger partial charge < -0.3 is 15.0 Å². The number of methoxy groups -OCH3 is 1. The second-order valence-corrected chi connectivity index (χ2v) is 7.50. The molecule has 0 radical (unpaired) electrons. The highest BCUT2D eigenvalue weighted by atomic mass is 19.1. The molecule has 0 saturated carbocycles. The number of hydrogen-bond acceptors (Lipinski definition) is 5. The van der Waals surface area contributed by atoms with Crippen molar-refractivity contribution >= 4 is 11.6 Å². The Kier molecular flexibility index (Phi) is 6.61.